The first-order valence-corrected chi connectivity index (χ1v) is 9.21. The van der Waals surface area contributed by atoms with Gasteiger partial charge in [-0.25, -0.2) is 0 Å². The number of guanidine groups is 1. The summed E-state index contributed by atoms with van der Waals surface area (Å²) in [6, 6.07) is 1.16. The lowest BCUT2D eigenvalue weighted by molar-refractivity contribution is 0.178. The Morgan fingerprint density at radius 2 is 1.90 bits per heavy atom. The lowest BCUT2D eigenvalue weighted by Gasteiger charge is -2.31. The molecule has 21 heavy (non-hydrogen) atoms. The van der Waals surface area contributed by atoms with Crippen molar-refractivity contribution in [3.8, 4) is 0 Å². The monoisotopic (exact) mass is 314 g/mol. The molecule has 1 aliphatic rings. The molecule has 1 saturated heterocycles. The van der Waals surface area contributed by atoms with Gasteiger partial charge in [-0.2, -0.15) is 11.8 Å². The minimum Gasteiger partial charge on any atom is -0.355 e. The summed E-state index contributed by atoms with van der Waals surface area (Å²) in [6.45, 7) is 14.3. The maximum Gasteiger partial charge on any atom is 0.191 e. The third kappa shape index (κ3) is 6.47. The van der Waals surface area contributed by atoms with Crippen molar-refractivity contribution in [1.29, 1.82) is 0 Å². The number of aliphatic imine (C=N–C) groups is 1. The van der Waals surface area contributed by atoms with Crippen LogP contribution in [0.25, 0.3) is 0 Å². The van der Waals surface area contributed by atoms with Crippen molar-refractivity contribution < 1.29 is 0 Å². The molecule has 1 unspecified atom stereocenters. The van der Waals surface area contributed by atoms with E-state index in [9.17, 15) is 0 Å². The van der Waals surface area contributed by atoms with Crippen LogP contribution in [0.1, 0.15) is 47.5 Å². The van der Waals surface area contributed by atoms with E-state index in [1.165, 1.54) is 18.6 Å². The van der Waals surface area contributed by atoms with E-state index in [1.54, 1.807) is 0 Å². The lowest BCUT2D eigenvalue weighted by Crippen LogP contribution is -2.47. The topological polar surface area (TPSA) is 39.7 Å². The highest BCUT2D eigenvalue weighted by atomic mass is 32.2. The largest absolute Gasteiger partial charge is 0.355 e. The molecule has 4 nitrogen and oxygen atoms in total. The average molecular weight is 315 g/mol. The first-order valence-electron chi connectivity index (χ1n) is 8.22. The van der Waals surface area contributed by atoms with Gasteiger partial charge in [0.25, 0.3) is 0 Å². The number of hydrogen-bond acceptors (Lipinski definition) is 3. The Bertz CT molecular complexity index is 314. The molecule has 0 saturated carbocycles. The van der Waals surface area contributed by atoms with Gasteiger partial charge in [0.2, 0.25) is 0 Å². The molecular weight excluding hydrogens is 280 g/mol. The number of rotatable bonds is 7. The van der Waals surface area contributed by atoms with Gasteiger partial charge in [-0.15, -0.1) is 0 Å². The summed E-state index contributed by atoms with van der Waals surface area (Å²) in [6.07, 6.45) is 2.64. The van der Waals surface area contributed by atoms with Gasteiger partial charge in [-0.3, -0.25) is 9.89 Å². The predicted molar refractivity (Wildman–Crippen MR) is 96.4 cm³/mol. The molecule has 0 aromatic heterocycles. The summed E-state index contributed by atoms with van der Waals surface area (Å²) in [4.78, 5) is 6.83. The molecule has 0 aliphatic carbocycles. The normalized spacial score (nSPS) is 23.4. The fourth-order valence-corrected chi connectivity index (χ4v) is 4.13. The van der Waals surface area contributed by atoms with Crippen LogP contribution in [0, 0.1) is 0 Å². The van der Waals surface area contributed by atoms with Crippen LogP contribution in [0.15, 0.2) is 4.99 Å². The smallest absolute Gasteiger partial charge is 0.191 e. The van der Waals surface area contributed by atoms with Crippen LogP contribution in [-0.4, -0.2) is 60.1 Å². The molecule has 1 atom stereocenters. The second-order valence-electron chi connectivity index (χ2n) is 6.68. The molecule has 0 aromatic rings. The van der Waals surface area contributed by atoms with Gasteiger partial charge in [-0.1, -0.05) is 0 Å². The van der Waals surface area contributed by atoms with Crippen molar-refractivity contribution in [1.82, 2.24) is 15.5 Å². The van der Waals surface area contributed by atoms with E-state index in [0.29, 0.717) is 16.8 Å². The summed E-state index contributed by atoms with van der Waals surface area (Å²) in [5, 5.41) is 6.92. The predicted octanol–water partition coefficient (Wildman–Crippen LogP) is 2.56. The third-order valence-electron chi connectivity index (χ3n) is 4.14. The Morgan fingerprint density at radius 3 is 2.38 bits per heavy atom. The Balaban J connectivity index is 2.31. The molecule has 0 amide bonds. The Labute approximate surface area is 135 Å². The van der Waals surface area contributed by atoms with E-state index in [1.807, 2.05) is 7.05 Å². The summed E-state index contributed by atoms with van der Waals surface area (Å²) >= 11 is 2.08. The first-order chi connectivity index (χ1) is 9.88. The molecule has 2 N–H and O–H groups in total. The van der Waals surface area contributed by atoms with Crippen LogP contribution >= 0.6 is 11.8 Å². The van der Waals surface area contributed by atoms with Gasteiger partial charge in [0.1, 0.15) is 0 Å². The third-order valence-corrected chi connectivity index (χ3v) is 5.68. The van der Waals surface area contributed by atoms with Gasteiger partial charge in [0.15, 0.2) is 5.96 Å². The molecule has 1 rings (SSSR count). The molecule has 0 spiro atoms. The van der Waals surface area contributed by atoms with Crippen molar-refractivity contribution in [2.75, 3.05) is 32.4 Å². The second kappa shape index (κ2) is 8.89. The minimum atomic E-state index is 0.375. The molecule has 124 valence electrons. The van der Waals surface area contributed by atoms with E-state index < -0.39 is 0 Å². The van der Waals surface area contributed by atoms with E-state index in [0.717, 1.165) is 25.6 Å². The van der Waals surface area contributed by atoms with E-state index in [4.69, 9.17) is 0 Å². The average Bonchev–Trinajstić information content (AvgIpc) is 2.84. The zero-order valence-electron chi connectivity index (χ0n) is 14.7. The zero-order chi connectivity index (χ0) is 15.9. The van der Waals surface area contributed by atoms with Crippen molar-refractivity contribution in [3.05, 3.63) is 0 Å². The molecular formula is C16H34N4S. The van der Waals surface area contributed by atoms with E-state index >= 15 is 0 Å². The Kier molecular flexibility index (Phi) is 7.88. The second-order valence-corrected chi connectivity index (χ2v) is 8.36. The van der Waals surface area contributed by atoms with Crippen LogP contribution < -0.4 is 10.6 Å². The van der Waals surface area contributed by atoms with E-state index in [2.05, 4.69) is 66.9 Å². The van der Waals surface area contributed by atoms with Crippen molar-refractivity contribution in [2.24, 2.45) is 4.99 Å². The van der Waals surface area contributed by atoms with Gasteiger partial charge >= 0.3 is 0 Å². The highest BCUT2D eigenvalue weighted by Crippen LogP contribution is 2.36. The number of thioether (sulfide) groups is 1. The number of nitrogens with one attached hydrogen (secondary N) is 2. The first kappa shape index (κ1) is 18.6. The molecule has 1 heterocycles. The molecule has 0 bridgehead atoms. The summed E-state index contributed by atoms with van der Waals surface area (Å²) in [5.41, 5.74) is 0. The van der Waals surface area contributed by atoms with Crippen LogP contribution in [0.5, 0.6) is 0 Å². The van der Waals surface area contributed by atoms with Crippen LogP contribution in [0.3, 0.4) is 0 Å². The molecule has 0 aromatic carbocycles. The lowest BCUT2D eigenvalue weighted by atomic mass is 10.1. The van der Waals surface area contributed by atoms with Gasteiger partial charge in [0.05, 0.1) is 0 Å². The fourth-order valence-electron chi connectivity index (χ4n) is 2.88. The summed E-state index contributed by atoms with van der Waals surface area (Å²) < 4.78 is 0.375. The highest BCUT2D eigenvalue weighted by molar-refractivity contribution is 8.00. The van der Waals surface area contributed by atoms with Gasteiger partial charge in [0, 0.05) is 43.5 Å². The number of hydrogen-bond donors (Lipinski definition) is 2. The molecule has 0 radical (unpaired) electrons. The maximum atomic E-state index is 4.33. The highest BCUT2D eigenvalue weighted by Gasteiger charge is 2.29. The zero-order valence-corrected chi connectivity index (χ0v) is 15.5. The van der Waals surface area contributed by atoms with Gasteiger partial charge in [-0.05, 0) is 53.2 Å². The van der Waals surface area contributed by atoms with Crippen LogP contribution in [0.4, 0.5) is 0 Å². The quantitative estimate of drug-likeness (QED) is 0.560. The van der Waals surface area contributed by atoms with Crippen molar-refractivity contribution in [2.45, 2.75) is 64.3 Å². The van der Waals surface area contributed by atoms with Crippen molar-refractivity contribution >= 4 is 17.7 Å². The number of nitrogens with zero attached hydrogens (tertiary/aromatic N) is 2. The minimum absolute atomic E-state index is 0.375. The van der Waals surface area contributed by atoms with Crippen molar-refractivity contribution in [3.63, 3.8) is 0 Å². The van der Waals surface area contributed by atoms with Gasteiger partial charge < -0.3 is 10.6 Å². The maximum absolute atomic E-state index is 4.33. The van der Waals surface area contributed by atoms with Crippen LogP contribution in [0.2, 0.25) is 0 Å². The molecule has 1 aliphatic heterocycles. The van der Waals surface area contributed by atoms with Crippen LogP contribution in [-0.2, 0) is 0 Å². The summed E-state index contributed by atoms with van der Waals surface area (Å²) in [7, 11) is 1.85. The standard InChI is InChI=1S/C16H34N4S/c1-13(2)20(14(3)4)10-9-18-15(17-6)19-12-16(5)8-7-11-21-16/h13-14H,7-12H2,1-6H3,(H2,17,18,19). The molecule has 5 heteroatoms. The SMILES string of the molecule is CN=C(NCCN(C(C)C)C(C)C)NCC1(C)CCCS1. The Morgan fingerprint density at radius 1 is 1.24 bits per heavy atom. The Hall–Kier alpha value is -0.420. The summed E-state index contributed by atoms with van der Waals surface area (Å²) in [5.74, 6) is 2.22. The fraction of sp³-hybridized carbons (Fsp3) is 0.938. The van der Waals surface area contributed by atoms with E-state index in [-0.39, 0.29) is 0 Å². The molecule has 1 fully saturated rings.